The summed E-state index contributed by atoms with van der Waals surface area (Å²) in [6.45, 7) is -0.890. The van der Waals surface area contributed by atoms with Crippen LogP contribution in [0.15, 0.2) is 53.4 Å². The van der Waals surface area contributed by atoms with Crippen LogP contribution in [-0.2, 0) is 14.3 Å². The van der Waals surface area contributed by atoms with E-state index in [0.717, 1.165) is 4.90 Å². The highest BCUT2D eigenvalue weighted by Crippen LogP contribution is 2.26. The van der Waals surface area contributed by atoms with Crippen molar-refractivity contribution in [2.24, 2.45) is 0 Å². The molecule has 2 aromatic rings. The lowest BCUT2D eigenvalue weighted by molar-refractivity contribution is -0.146. The molecule has 8 nitrogen and oxygen atoms in total. The molecule has 0 heterocycles. The molecule has 0 aliphatic heterocycles. The second-order valence-corrected chi connectivity index (χ2v) is 6.55. The molecule has 0 unspecified atom stereocenters. The van der Waals surface area contributed by atoms with Crippen molar-refractivity contribution in [1.29, 1.82) is 5.26 Å². The smallest absolute Gasteiger partial charge is 0.325 e. The van der Waals surface area contributed by atoms with E-state index in [1.165, 1.54) is 18.9 Å². The number of anilines is 1. The SMILES string of the molecule is COc1ccccc1C(=O)NCC(=O)OCC(=O)Nc1ccccc1SCC#N. The van der Waals surface area contributed by atoms with E-state index in [2.05, 4.69) is 10.6 Å². The van der Waals surface area contributed by atoms with Crippen LogP contribution in [-0.4, -0.2) is 43.8 Å². The molecular weight excluding hydrogens is 394 g/mol. The Morgan fingerprint density at radius 2 is 1.83 bits per heavy atom. The summed E-state index contributed by atoms with van der Waals surface area (Å²) in [6, 6.07) is 15.6. The zero-order chi connectivity index (χ0) is 21.1. The molecule has 0 bridgehead atoms. The van der Waals surface area contributed by atoms with Crippen molar-refractivity contribution in [2.75, 3.05) is 31.3 Å². The molecule has 150 valence electrons. The summed E-state index contributed by atoms with van der Waals surface area (Å²) in [5.74, 6) is -1.15. The van der Waals surface area contributed by atoms with Gasteiger partial charge in [-0.1, -0.05) is 24.3 Å². The Balaban J connectivity index is 1.80. The van der Waals surface area contributed by atoms with Gasteiger partial charge in [0.2, 0.25) is 0 Å². The highest BCUT2D eigenvalue weighted by atomic mass is 32.2. The first kappa shape index (κ1) is 21.8. The highest BCUT2D eigenvalue weighted by Gasteiger charge is 2.14. The van der Waals surface area contributed by atoms with E-state index in [1.807, 2.05) is 6.07 Å². The van der Waals surface area contributed by atoms with Gasteiger partial charge in [0, 0.05) is 4.90 Å². The van der Waals surface area contributed by atoms with Gasteiger partial charge in [0.15, 0.2) is 6.61 Å². The van der Waals surface area contributed by atoms with Crippen LogP contribution >= 0.6 is 11.8 Å². The van der Waals surface area contributed by atoms with Crippen LogP contribution in [0, 0.1) is 11.3 Å². The van der Waals surface area contributed by atoms with Crippen LogP contribution in [0.25, 0.3) is 0 Å². The lowest BCUT2D eigenvalue weighted by Crippen LogP contribution is -2.32. The van der Waals surface area contributed by atoms with Crippen molar-refractivity contribution in [3.63, 3.8) is 0 Å². The number of thioether (sulfide) groups is 1. The number of esters is 1. The molecule has 2 amide bonds. The van der Waals surface area contributed by atoms with Crippen LogP contribution in [0.5, 0.6) is 5.75 Å². The molecule has 0 aliphatic rings. The maximum absolute atomic E-state index is 12.1. The predicted octanol–water partition coefficient (Wildman–Crippen LogP) is 2.22. The van der Waals surface area contributed by atoms with Gasteiger partial charge < -0.3 is 20.1 Å². The predicted molar refractivity (Wildman–Crippen MR) is 108 cm³/mol. The van der Waals surface area contributed by atoms with Crippen LogP contribution in [0.4, 0.5) is 5.69 Å². The number of rotatable bonds is 9. The van der Waals surface area contributed by atoms with E-state index in [-0.39, 0.29) is 11.3 Å². The molecule has 2 rings (SSSR count). The summed E-state index contributed by atoms with van der Waals surface area (Å²) in [4.78, 5) is 36.7. The number of nitriles is 1. The number of carbonyl (C=O) groups is 3. The van der Waals surface area contributed by atoms with Gasteiger partial charge in [-0.25, -0.2) is 0 Å². The fourth-order valence-corrected chi connectivity index (χ4v) is 2.94. The maximum atomic E-state index is 12.1. The topological polar surface area (TPSA) is 118 Å². The highest BCUT2D eigenvalue weighted by molar-refractivity contribution is 7.99. The number of benzene rings is 2. The van der Waals surface area contributed by atoms with Gasteiger partial charge in [-0.15, -0.1) is 11.8 Å². The van der Waals surface area contributed by atoms with Crippen LogP contribution < -0.4 is 15.4 Å². The zero-order valence-corrected chi connectivity index (χ0v) is 16.5. The van der Waals surface area contributed by atoms with Gasteiger partial charge in [0.25, 0.3) is 11.8 Å². The molecule has 0 aromatic heterocycles. The summed E-state index contributed by atoms with van der Waals surface area (Å²) in [6.07, 6.45) is 0. The summed E-state index contributed by atoms with van der Waals surface area (Å²) in [5, 5.41) is 13.7. The minimum atomic E-state index is -0.754. The second-order valence-electron chi connectivity index (χ2n) is 5.53. The number of hydrogen-bond acceptors (Lipinski definition) is 7. The molecule has 29 heavy (non-hydrogen) atoms. The minimum absolute atomic E-state index is 0.244. The lowest BCUT2D eigenvalue weighted by Gasteiger charge is -2.11. The molecule has 0 saturated heterocycles. The van der Waals surface area contributed by atoms with Crippen molar-refractivity contribution in [3.8, 4) is 11.8 Å². The van der Waals surface area contributed by atoms with Crippen molar-refractivity contribution in [2.45, 2.75) is 4.90 Å². The Hall–Kier alpha value is -3.51. The van der Waals surface area contributed by atoms with E-state index in [0.29, 0.717) is 11.4 Å². The number of amides is 2. The Morgan fingerprint density at radius 3 is 2.59 bits per heavy atom. The Morgan fingerprint density at radius 1 is 1.10 bits per heavy atom. The average Bonchev–Trinajstić information content (AvgIpc) is 2.75. The van der Waals surface area contributed by atoms with E-state index < -0.39 is 30.9 Å². The normalized spacial score (nSPS) is 9.79. The Bertz CT molecular complexity index is 926. The van der Waals surface area contributed by atoms with Gasteiger partial charge in [0.1, 0.15) is 12.3 Å². The van der Waals surface area contributed by atoms with Gasteiger partial charge in [0.05, 0.1) is 30.2 Å². The van der Waals surface area contributed by atoms with Crippen molar-refractivity contribution >= 4 is 35.2 Å². The van der Waals surface area contributed by atoms with Crippen LogP contribution in [0.1, 0.15) is 10.4 Å². The summed E-state index contributed by atoms with van der Waals surface area (Å²) in [5.41, 5.74) is 0.810. The van der Waals surface area contributed by atoms with Crippen molar-refractivity contribution in [1.82, 2.24) is 5.32 Å². The molecular formula is C20H19N3O5S. The molecule has 2 aromatic carbocycles. The van der Waals surface area contributed by atoms with E-state index >= 15 is 0 Å². The van der Waals surface area contributed by atoms with E-state index in [9.17, 15) is 14.4 Å². The third-order valence-corrected chi connectivity index (χ3v) is 4.50. The van der Waals surface area contributed by atoms with Crippen molar-refractivity contribution < 1.29 is 23.9 Å². The van der Waals surface area contributed by atoms with Gasteiger partial charge in [-0.3, -0.25) is 14.4 Å². The average molecular weight is 413 g/mol. The first-order valence-corrected chi connectivity index (χ1v) is 9.49. The Labute approximate surface area is 172 Å². The standard InChI is InChI=1S/C20H19N3O5S/c1-27-16-8-4-2-6-14(16)20(26)22-12-19(25)28-13-18(24)23-15-7-3-5-9-17(15)29-11-10-21/h2-9H,11-13H2,1H3,(H,22,26)(H,23,24). The van der Waals surface area contributed by atoms with Gasteiger partial charge >= 0.3 is 5.97 Å². The molecule has 9 heteroatoms. The largest absolute Gasteiger partial charge is 0.496 e. The van der Waals surface area contributed by atoms with Crippen LogP contribution in [0.3, 0.4) is 0 Å². The van der Waals surface area contributed by atoms with E-state index in [4.69, 9.17) is 14.7 Å². The molecule has 0 radical (unpaired) electrons. The summed E-state index contributed by atoms with van der Waals surface area (Å²) < 4.78 is 9.98. The van der Waals surface area contributed by atoms with Crippen molar-refractivity contribution in [3.05, 3.63) is 54.1 Å². The first-order chi connectivity index (χ1) is 14.0. The summed E-state index contributed by atoms with van der Waals surface area (Å²) in [7, 11) is 1.44. The minimum Gasteiger partial charge on any atom is -0.496 e. The number of nitrogens with zero attached hydrogens (tertiary/aromatic N) is 1. The molecule has 0 spiro atoms. The fraction of sp³-hybridized carbons (Fsp3) is 0.200. The number of nitrogens with one attached hydrogen (secondary N) is 2. The number of carbonyl (C=O) groups excluding carboxylic acids is 3. The monoisotopic (exact) mass is 413 g/mol. The molecule has 0 fully saturated rings. The third kappa shape index (κ3) is 6.86. The number of methoxy groups -OCH3 is 1. The second kappa shape index (κ2) is 11.4. The zero-order valence-electron chi connectivity index (χ0n) is 15.6. The van der Waals surface area contributed by atoms with Crippen LogP contribution in [0.2, 0.25) is 0 Å². The first-order valence-electron chi connectivity index (χ1n) is 8.50. The number of ether oxygens (including phenoxy) is 2. The Kier molecular flexibility index (Phi) is 8.53. The molecule has 0 atom stereocenters. The van der Waals surface area contributed by atoms with E-state index in [1.54, 1.807) is 48.5 Å². The fourth-order valence-electron chi connectivity index (χ4n) is 2.27. The maximum Gasteiger partial charge on any atom is 0.325 e. The molecule has 0 aliphatic carbocycles. The van der Waals surface area contributed by atoms with Gasteiger partial charge in [-0.05, 0) is 24.3 Å². The summed E-state index contributed by atoms with van der Waals surface area (Å²) >= 11 is 1.28. The number of para-hydroxylation sites is 2. The molecule has 2 N–H and O–H groups in total. The molecule has 0 saturated carbocycles. The number of hydrogen-bond donors (Lipinski definition) is 2. The quantitative estimate of drug-likeness (QED) is 0.478. The lowest BCUT2D eigenvalue weighted by atomic mass is 10.2. The third-order valence-electron chi connectivity index (χ3n) is 3.56. The van der Waals surface area contributed by atoms with Gasteiger partial charge in [-0.2, -0.15) is 5.26 Å².